The fraction of sp³-hybridized carbons (Fsp3) is 0.167. The molecule has 0 aliphatic heterocycles. The number of oxime groups is 1. The summed E-state index contributed by atoms with van der Waals surface area (Å²) in [6, 6.07) is 5.83. The second-order valence-corrected chi connectivity index (χ2v) is 3.46. The second kappa shape index (κ2) is 5.11. The van der Waals surface area contributed by atoms with Gasteiger partial charge < -0.3 is 9.62 Å². The SMILES string of the molecule is O/N=C/c1cc(CCc2cccnc2)co1. The van der Waals surface area contributed by atoms with Crippen LogP contribution < -0.4 is 0 Å². The minimum atomic E-state index is 0.559. The van der Waals surface area contributed by atoms with Gasteiger partial charge in [0, 0.05) is 12.4 Å². The molecule has 0 aromatic carbocycles. The third kappa shape index (κ3) is 2.70. The fourth-order valence-corrected chi connectivity index (χ4v) is 1.48. The van der Waals surface area contributed by atoms with Crippen molar-refractivity contribution in [1.82, 2.24) is 4.98 Å². The highest BCUT2D eigenvalue weighted by molar-refractivity contribution is 5.75. The van der Waals surface area contributed by atoms with E-state index in [0.29, 0.717) is 5.76 Å². The summed E-state index contributed by atoms with van der Waals surface area (Å²) < 4.78 is 5.17. The maximum atomic E-state index is 8.34. The second-order valence-electron chi connectivity index (χ2n) is 3.46. The third-order valence-electron chi connectivity index (χ3n) is 2.28. The van der Waals surface area contributed by atoms with E-state index < -0.39 is 0 Å². The first kappa shape index (κ1) is 10.4. The molecule has 0 aliphatic carbocycles. The summed E-state index contributed by atoms with van der Waals surface area (Å²) in [5.41, 5.74) is 2.28. The Labute approximate surface area is 93.2 Å². The molecule has 2 aromatic rings. The maximum Gasteiger partial charge on any atom is 0.148 e. The van der Waals surface area contributed by atoms with Gasteiger partial charge in [0.2, 0.25) is 0 Å². The standard InChI is InChI=1S/C12H12N2O2/c15-14-8-12-6-11(9-16-12)4-3-10-2-1-5-13-7-10/h1-2,5-9,15H,3-4H2/b14-8+. The van der Waals surface area contributed by atoms with Crippen molar-refractivity contribution in [3.63, 3.8) is 0 Å². The van der Waals surface area contributed by atoms with Crippen LogP contribution in [0.3, 0.4) is 0 Å². The molecule has 4 heteroatoms. The Balaban J connectivity index is 1.94. The average molecular weight is 216 g/mol. The van der Waals surface area contributed by atoms with E-state index in [1.165, 1.54) is 11.8 Å². The lowest BCUT2D eigenvalue weighted by molar-refractivity contribution is 0.320. The zero-order valence-corrected chi connectivity index (χ0v) is 8.71. The maximum absolute atomic E-state index is 8.34. The molecular weight excluding hydrogens is 204 g/mol. The van der Waals surface area contributed by atoms with Gasteiger partial charge in [-0.3, -0.25) is 4.98 Å². The molecule has 0 amide bonds. The highest BCUT2D eigenvalue weighted by Crippen LogP contribution is 2.09. The van der Waals surface area contributed by atoms with Crippen molar-refractivity contribution in [3.05, 3.63) is 53.7 Å². The number of furan rings is 1. The van der Waals surface area contributed by atoms with Crippen LogP contribution in [0.25, 0.3) is 0 Å². The molecule has 0 atom stereocenters. The monoisotopic (exact) mass is 216 g/mol. The number of nitrogens with zero attached hydrogens (tertiary/aromatic N) is 2. The fourth-order valence-electron chi connectivity index (χ4n) is 1.48. The lowest BCUT2D eigenvalue weighted by Crippen LogP contribution is -1.89. The van der Waals surface area contributed by atoms with Crippen molar-refractivity contribution in [1.29, 1.82) is 0 Å². The molecule has 2 heterocycles. The molecule has 0 saturated heterocycles. The van der Waals surface area contributed by atoms with Gasteiger partial charge in [-0.2, -0.15) is 0 Å². The average Bonchev–Trinajstić information content (AvgIpc) is 2.76. The molecule has 0 saturated carbocycles. The van der Waals surface area contributed by atoms with Crippen molar-refractivity contribution in [2.75, 3.05) is 0 Å². The Morgan fingerprint density at radius 2 is 2.25 bits per heavy atom. The molecule has 4 nitrogen and oxygen atoms in total. The third-order valence-corrected chi connectivity index (χ3v) is 2.28. The van der Waals surface area contributed by atoms with Crippen molar-refractivity contribution in [2.45, 2.75) is 12.8 Å². The number of hydrogen-bond acceptors (Lipinski definition) is 4. The highest BCUT2D eigenvalue weighted by atomic mass is 16.4. The van der Waals surface area contributed by atoms with E-state index >= 15 is 0 Å². The predicted octanol–water partition coefficient (Wildman–Crippen LogP) is 2.27. The molecule has 0 bridgehead atoms. The molecule has 0 radical (unpaired) electrons. The van der Waals surface area contributed by atoms with Gasteiger partial charge >= 0.3 is 0 Å². The summed E-state index contributed by atoms with van der Waals surface area (Å²) in [4.78, 5) is 4.05. The van der Waals surface area contributed by atoms with Crippen LogP contribution in [-0.2, 0) is 12.8 Å². The number of pyridine rings is 1. The number of hydrogen-bond donors (Lipinski definition) is 1. The Hall–Kier alpha value is -2.10. The number of aryl methyl sites for hydroxylation is 2. The van der Waals surface area contributed by atoms with Crippen LogP contribution in [0.4, 0.5) is 0 Å². The lowest BCUT2D eigenvalue weighted by Gasteiger charge is -1.97. The smallest absolute Gasteiger partial charge is 0.148 e. The minimum absolute atomic E-state index is 0.559. The summed E-state index contributed by atoms with van der Waals surface area (Å²) in [6.07, 6.45) is 8.37. The van der Waals surface area contributed by atoms with Crippen LogP contribution in [0.1, 0.15) is 16.9 Å². The predicted molar refractivity (Wildman–Crippen MR) is 59.7 cm³/mol. The minimum Gasteiger partial charge on any atom is -0.463 e. The summed E-state index contributed by atoms with van der Waals surface area (Å²) >= 11 is 0. The quantitative estimate of drug-likeness (QED) is 0.484. The zero-order chi connectivity index (χ0) is 11.2. The molecule has 0 unspecified atom stereocenters. The summed E-state index contributed by atoms with van der Waals surface area (Å²) in [5.74, 6) is 0.559. The van der Waals surface area contributed by atoms with Crippen molar-refractivity contribution in [2.24, 2.45) is 5.16 Å². The lowest BCUT2D eigenvalue weighted by atomic mass is 10.1. The molecule has 2 rings (SSSR count). The van der Waals surface area contributed by atoms with E-state index in [1.807, 2.05) is 24.4 Å². The highest BCUT2D eigenvalue weighted by Gasteiger charge is 2.00. The number of rotatable bonds is 4. The van der Waals surface area contributed by atoms with Crippen LogP contribution in [0.15, 0.2) is 46.4 Å². The molecular formula is C12H12N2O2. The van der Waals surface area contributed by atoms with Crippen molar-refractivity contribution >= 4 is 6.21 Å². The summed E-state index contributed by atoms with van der Waals surface area (Å²) in [5, 5.41) is 11.2. The van der Waals surface area contributed by atoms with Crippen LogP contribution in [-0.4, -0.2) is 16.4 Å². The van der Waals surface area contributed by atoms with E-state index in [9.17, 15) is 0 Å². The first-order valence-corrected chi connectivity index (χ1v) is 5.02. The Morgan fingerprint density at radius 1 is 1.38 bits per heavy atom. The van der Waals surface area contributed by atoms with Gasteiger partial charge in [0.15, 0.2) is 0 Å². The number of aromatic nitrogens is 1. The normalized spacial score (nSPS) is 11.0. The van der Waals surface area contributed by atoms with Gasteiger partial charge in [0.05, 0.1) is 6.26 Å². The molecule has 2 aromatic heterocycles. The van der Waals surface area contributed by atoms with E-state index in [4.69, 9.17) is 9.62 Å². The topological polar surface area (TPSA) is 58.6 Å². The van der Waals surface area contributed by atoms with Gasteiger partial charge in [-0.15, -0.1) is 0 Å². The zero-order valence-electron chi connectivity index (χ0n) is 8.71. The van der Waals surface area contributed by atoms with E-state index in [1.54, 1.807) is 12.5 Å². The Morgan fingerprint density at radius 3 is 3.00 bits per heavy atom. The summed E-state index contributed by atoms with van der Waals surface area (Å²) in [6.45, 7) is 0. The molecule has 1 N–H and O–H groups in total. The molecule has 82 valence electrons. The largest absolute Gasteiger partial charge is 0.463 e. The molecule has 16 heavy (non-hydrogen) atoms. The van der Waals surface area contributed by atoms with Gasteiger partial charge in [-0.05, 0) is 36.1 Å². The molecule has 0 aliphatic rings. The van der Waals surface area contributed by atoms with E-state index in [2.05, 4.69) is 10.1 Å². The first-order chi connectivity index (χ1) is 7.88. The van der Waals surface area contributed by atoms with Crippen LogP contribution in [0.2, 0.25) is 0 Å². The van der Waals surface area contributed by atoms with Crippen LogP contribution in [0.5, 0.6) is 0 Å². The van der Waals surface area contributed by atoms with Crippen LogP contribution >= 0.6 is 0 Å². The van der Waals surface area contributed by atoms with Gasteiger partial charge in [0.25, 0.3) is 0 Å². The van der Waals surface area contributed by atoms with Crippen molar-refractivity contribution < 1.29 is 9.62 Å². The molecule has 0 spiro atoms. The van der Waals surface area contributed by atoms with Crippen molar-refractivity contribution in [3.8, 4) is 0 Å². The summed E-state index contributed by atoms with van der Waals surface area (Å²) in [7, 11) is 0. The Bertz CT molecular complexity index is 463. The molecule has 0 fully saturated rings. The van der Waals surface area contributed by atoms with Gasteiger partial charge in [-0.1, -0.05) is 11.2 Å². The first-order valence-electron chi connectivity index (χ1n) is 5.02. The van der Waals surface area contributed by atoms with Gasteiger partial charge in [0.1, 0.15) is 12.0 Å². The van der Waals surface area contributed by atoms with E-state index in [-0.39, 0.29) is 0 Å². The van der Waals surface area contributed by atoms with E-state index in [0.717, 1.165) is 18.4 Å². The van der Waals surface area contributed by atoms with Gasteiger partial charge in [-0.25, -0.2) is 0 Å². The van der Waals surface area contributed by atoms with Crippen LogP contribution in [0, 0.1) is 0 Å². The Kier molecular flexibility index (Phi) is 3.33.